The zero-order chi connectivity index (χ0) is 16.9. The number of hydrogen-bond acceptors (Lipinski definition) is 4. The van der Waals surface area contributed by atoms with Gasteiger partial charge in [-0.3, -0.25) is 4.79 Å². The van der Waals surface area contributed by atoms with Gasteiger partial charge in [0.2, 0.25) is 0 Å². The second kappa shape index (κ2) is 7.62. The van der Waals surface area contributed by atoms with E-state index in [1.807, 2.05) is 24.3 Å². The molecule has 0 radical (unpaired) electrons. The predicted octanol–water partition coefficient (Wildman–Crippen LogP) is 2.88. The van der Waals surface area contributed by atoms with Gasteiger partial charge in [0.1, 0.15) is 11.5 Å². The molecule has 3 rings (SSSR count). The molecule has 1 aromatic heterocycles. The molecule has 1 aromatic carbocycles. The maximum atomic E-state index is 12.6. The third-order valence-electron chi connectivity index (χ3n) is 4.35. The summed E-state index contributed by atoms with van der Waals surface area (Å²) in [5.74, 6) is 1.75. The van der Waals surface area contributed by atoms with Crippen LogP contribution in [0.5, 0.6) is 0 Å². The van der Waals surface area contributed by atoms with Crippen molar-refractivity contribution in [1.82, 2.24) is 15.8 Å². The first kappa shape index (κ1) is 16.7. The van der Waals surface area contributed by atoms with Gasteiger partial charge in [-0.25, -0.2) is 0 Å². The quantitative estimate of drug-likeness (QED) is 0.856. The van der Waals surface area contributed by atoms with Crippen molar-refractivity contribution in [2.75, 3.05) is 13.1 Å². The number of rotatable bonds is 6. The maximum absolute atomic E-state index is 12.6. The van der Waals surface area contributed by atoms with Crippen LogP contribution in [0.4, 0.5) is 0 Å². The number of nitrogens with one attached hydrogen (secondary N) is 2. The first-order chi connectivity index (χ1) is 11.6. The molecule has 1 aliphatic heterocycles. The van der Waals surface area contributed by atoms with Crippen LogP contribution in [0.1, 0.15) is 53.6 Å². The lowest BCUT2D eigenvalue weighted by atomic mass is 9.93. The Labute approximate surface area is 142 Å². The molecule has 2 N–H and O–H groups in total. The summed E-state index contributed by atoms with van der Waals surface area (Å²) < 4.78 is 5.31. The van der Waals surface area contributed by atoms with Crippen LogP contribution in [-0.2, 0) is 13.0 Å². The van der Waals surface area contributed by atoms with Gasteiger partial charge in [-0.1, -0.05) is 37.2 Å². The number of benzene rings is 1. The fourth-order valence-corrected chi connectivity index (χ4v) is 3.18. The average molecular weight is 327 g/mol. The Balaban J connectivity index is 1.64. The Bertz CT molecular complexity index is 687. The van der Waals surface area contributed by atoms with Gasteiger partial charge in [-0.05, 0) is 36.4 Å². The van der Waals surface area contributed by atoms with Gasteiger partial charge in [0.25, 0.3) is 5.91 Å². The molecule has 24 heavy (non-hydrogen) atoms. The second-order valence-corrected chi connectivity index (χ2v) is 6.84. The molecule has 1 aliphatic rings. The summed E-state index contributed by atoms with van der Waals surface area (Å²) in [6.45, 7) is 6.61. The van der Waals surface area contributed by atoms with E-state index in [9.17, 15) is 4.79 Å². The molecule has 0 unspecified atom stereocenters. The van der Waals surface area contributed by atoms with E-state index in [1.165, 1.54) is 0 Å². The molecule has 0 saturated carbocycles. The highest BCUT2D eigenvalue weighted by atomic mass is 16.5. The Hall–Kier alpha value is -2.14. The summed E-state index contributed by atoms with van der Waals surface area (Å²) in [5, 5.41) is 10.4. The molecule has 2 aromatic rings. The van der Waals surface area contributed by atoms with Crippen LogP contribution in [0.15, 0.2) is 34.9 Å². The smallest absolute Gasteiger partial charge is 0.251 e. The Morgan fingerprint density at radius 1 is 1.42 bits per heavy atom. The number of hydrogen-bond donors (Lipinski definition) is 2. The van der Waals surface area contributed by atoms with Crippen LogP contribution in [0.25, 0.3) is 0 Å². The van der Waals surface area contributed by atoms with E-state index < -0.39 is 0 Å². The molecule has 128 valence electrons. The van der Waals surface area contributed by atoms with Crippen LogP contribution in [0.2, 0.25) is 0 Å². The van der Waals surface area contributed by atoms with Crippen LogP contribution >= 0.6 is 0 Å². The minimum absolute atomic E-state index is 0.0501. The number of nitrogens with zero attached hydrogens (tertiary/aromatic N) is 1. The molecule has 1 atom stereocenters. The highest BCUT2D eigenvalue weighted by molar-refractivity contribution is 5.95. The van der Waals surface area contributed by atoms with Crippen molar-refractivity contribution in [1.29, 1.82) is 0 Å². The molecule has 1 amide bonds. The zero-order valence-corrected chi connectivity index (χ0v) is 14.3. The number of carbonyl (C=O) groups excluding carboxylic acids is 1. The van der Waals surface area contributed by atoms with E-state index in [0.29, 0.717) is 18.4 Å². The largest absolute Gasteiger partial charge is 0.361 e. The van der Waals surface area contributed by atoms with E-state index in [2.05, 4.69) is 35.7 Å². The highest BCUT2D eigenvalue weighted by Gasteiger charge is 2.22. The van der Waals surface area contributed by atoms with Gasteiger partial charge in [-0.2, -0.15) is 0 Å². The Kier molecular flexibility index (Phi) is 5.30. The summed E-state index contributed by atoms with van der Waals surface area (Å²) in [4.78, 5) is 12.6. The van der Waals surface area contributed by atoms with Crippen molar-refractivity contribution in [2.24, 2.45) is 5.92 Å². The molecule has 0 spiro atoms. The number of amides is 1. The fourth-order valence-electron chi connectivity index (χ4n) is 3.18. The maximum Gasteiger partial charge on any atom is 0.251 e. The summed E-state index contributed by atoms with van der Waals surface area (Å²) in [5.41, 5.74) is 2.65. The van der Waals surface area contributed by atoms with Crippen LogP contribution in [-0.4, -0.2) is 24.2 Å². The Morgan fingerprint density at radius 2 is 2.25 bits per heavy atom. The highest BCUT2D eigenvalue weighted by Crippen LogP contribution is 2.25. The first-order valence-electron chi connectivity index (χ1n) is 8.66. The van der Waals surface area contributed by atoms with Gasteiger partial charge in [-0.15, -0.1) is 0 Å². The van der Waals surface area contributed by atoms with E-state index in [1.54, 1.807) is 0 Å². The average Bonchev–Trinajstić information content (AvgIpc) is 3.24. The summed E-state index contributed by atoms with van der Waals surface area (Å²) >= 11 is 0. The molecule has 5 heteroatoms. The third kappa shape index (κ3) is 4.03. The van der Waals surface area contributed by atoms with E-state index in [4.69, 9.17) is 4.52 Å². The van der Waals surface area contributed by atoms with Crippen LogP contribution < -0.4 is 10.6 Å². The zero-order valence-electron chi connectivity index (χ0n) is 14.3. The standard InChI is InChI=1S/C19H25N3O2/c1-13(2)9-16-10-15(22-24-16)12-21-19(23)18-6-4-3-5-17(18)14-7-8-20-11-14/h3-6,10,13-14,20H,7-9,11-12H2,1-2H3,(H,21,23)/t14-/m0/s1. The minimum Gasteiger partial charge on any atom is -0.361 e. The van der Waals surface area contributed by atoms with Crippen molar-refractivity contribution < 1.29 is 9.32 Å². The normalized spacial score (nSPS) is 17.4. The SMILES string of the molecule is CC(C)Cc1cc(CNC(=O)c2ccccc2[C@H]2CCNC2)no1. The van der Waals surface area contributed by atoms with Gasteiger partial charge < -0.3 is 15.2 Å². The predicted molar refractivity (Wildman–Crippen MR) is 92.9 cm³/mol. The first-order valence-corrected chi connectivity index (χ1v) is 8.66. The lowest BCUT2D eigenvalue weighted by Gasteiger charge is -2.14. The van der Waals surface area contributed by atoms with Crippen molar-refractivity contribution in [3.05, 3.63) is 52.9 Å². The Morgan fingerprint density at radius 3 is 3.00 bits per heavy atom. The second-order valence-electron chi connectivity index (χ2n) is 6.84. The number of carbonyl (C=O) groups is 1. The van der Waals surface area contributed by atoms with Crippen LogP contribution in [0, 0.1) is 5.92 Å². The lowest BCUT2D eigenvalue weighted by Crippen LogP contribution is -2.25. The van der Waals surface area contributed by atoms with E-state index in [0.717, 1.165) is 48.5 Å². The third-order valence-corrected chi connectivity index (χ3v) is 4.35. The van der Waals surface area contributed by atoms with Gasteiger partial charge in [0.05, 0.1) is 6.54 Å². The molecule has 0 aliphatic carbocycles. The lowest BCUT2D eigenvalue weighted by molar-refractivity contribution is 0.0948. The molecule has 1 saturated heterocycles. The summed E-state index contributed by atoms with van der Waals surface area (Å²) in [6.07, 6.45) is 1.94. The minimum atomic E-state index is -0.0501. The molecule has 0 bridgehead atoms. The molecule has 2 heterocycles. The molecule has 5 nitrogen and oxygen atoms in total. The summed E-state index contributed by atoms with van der Waals surface area (Å²) in [7, 11) is 0. The van der Waals surface area contributed by atoms with Crippen molar-refractivity contribution in [3.63, 3.8) is 0 Å². The van der Waals surface area contributed by atoms with Crippen molar-refractivity contribution in [3.8, 4) is 0 Å². The van der Waals surface area contributed by atoms with Crippen molar-refractivity contribution in [2.45, 2.75) is 39.2 Å². The van der Waals surface area contributed by atoms with E-state index >= 15 is 0 Å². The molecule has 1 fully saturated rings. The monoisotopic (exact) mass is 327 g/mol. The topological polar surface area (TPSA) is 67.2 Å². The number of aromatic nitrogens is 1. The van der Waals surface area contributed by atoms with Gasteiger partial charge >= 0.3 is 0 Å². The molecular weight excluding hydrogens is 302 g/mol. The molecular formula is C19H25N3O2. The van der Waals surface area contributed by atoms with Crippen molar-refractivity contribution >= 4 is 5.91 Å². The summed E-state index contributed by atoms with van der Waals surface area (Å²) in [6, 6.07) is 9.80. The van der Waals surface area contributed by atoms with E-state index in [-0.39, 0.29) is 5.91 Å². The van der Waals surface area contributed by atoms with Gasteiger partial charge in [0, 0.05) is 24.6 Å². The fraction of sp³-hybridized carbons (Fsp3) is 0.474. The van der Waals surface area contributed by atoms with Crippen LogP contribution in [0.3, 0.4) is 0 Å². The van der Waals surface area contributed by atoms with Gasteiger partial charge in [0.15, 0.2) is 0 Å².